The van der Waals surface area contributed by atoms with Crippen molar-refractivity contribution in [2.24, 2.45) is 5.92 Å². The van der Waals surface area contributed by atoms with Crippen LogP contribution in [0.2, 0.25) is 0 Å². The standard InChI is InChI=1S/C14H22O2/c1-11(2)8-9-13-6-4-5-7-14(13)16-12(3)10-15/h4-7,11-12,15H,8-10H2,1-3H3. The van der Waals surface area contributed by atoms with E-state index in [1.807, 2.05) is 25.1 Å². The van der Waals surface area contributed by atoms with Crippen LogP contribution in [0.1, 0.15) is 32.8 Å². The summed E-state index contributed by atoms with van der Waals surface area (Å²) in [5.41, 5.74) is 1.23. The highest BCUT2D eigenvalue weighted by Crippen LogP contribution is 2.22. The predicted octanol–water partition coefficient (Wildman–Crippen LogP) is 3.03. The highest BCUT2D eigenvalue weighted by Gasteiger charge is 2.07. The first-order valence-corrected chi connectivity index (χ1v) is 5.99. The van der Waals surface area contributed by atoms with Crippen molar-refractivity contribution >= 4 is 0 Å². The summed E-state index contributed by atoms with van der Waals surface area (Å²) < 4.78 is 5.68. The predicted molar refractivity (Wildman–Crippen MR) is 66.8 cm³/mol. The average molecular weight is 222 g/mol. The van der Waals surface area contributed by atoms with Gasteiger partial charge in [-0.05, 0) is 37.3 Å². The molecule has 0 bridgehead atoms. The van der Waals surface area contributed by atoms with Gasteiger partial charge in [-0.3, -0.25) is 0 Å². The Kier molecular flexibility index (Phi) is 5.33. The number of rotatable bonds is 6. The summed E-state index contributed by atoms with van der Waals surface area (Å²) in [5, 5.41) is 8.98. The number of hydrogen-bond acceptors (Lipinski definition) is 2. The minimum atomic E-state index is -0.139. The van der Waals surface area contributed by atoms with Crippen LogP contribution in [0.15, 0.2) is 24.3 Å². The zero-order valence-electron chi connectivity index (χ0n) is 10.4. The molecule has 0 aliphatic heterocycles. The molecule has 1 atom stereocenters. The number of benzene rings is 1. The van der Waals surface area contributed by atoms with Crippen LogP contribution in [0.25, 0.3) is 0 Å². The molecule has 1 unspecified atom stereocenters. The summed E-state index contributed by atoms with van der Waals surface area (Å²) in [6.45, 7) is 6.37. The van der Waals surface area contributed by atoms with Gasteiger partial charge < -0.3 is 9.84 Å². The maximum Gasteiger partial charge on any atom is 0.123 e. The van der Waals surface area contributed by atoms with Gasteiger partial charge in [0.15, 0.2) is 0 Å². The van der Waals surface area contributed by atoms with E-state index in [9.17, 15) is 0 Å². The molecule has 0 aliphatic carbocycles. The molecular weight excluding hydrogens is 200 g/mol. The molecule has 0 spiro atoms. The summed E-state index contributed by atoms with van der Waals surface area (Å²) in [5.74, 6) is 1.60. The van der Waals surface area contributed by atoms with Crippen LogP contribution in [0.4, 0.5) is 0 Å². The van der Waals surface area contributed by atoms with E-state index in [0.717, 1.165) is 18.6 Å². The third kappa shape index (κ3) is 4.23. The van der Waals surface area contributed by atoms with E-state index in [2.05, 4.69) is 19.9 Å². The quantitative estimate of drug-likeness (QED) is 0.801. The molecule has 0 saturated heterocycles. The first kappa shape index (κ1) is 13.0. The second-order valence-electron chi connectivity index (χ2n) is 4.65. The van der Waals surface area contributed by atoms with E-state index < -0.39 is 0 Å². The molecule has 0 saturated carbocycles. The third-order valence-corrected chi connectivity index (χ3v) is 2.55. The fourth-order valence-electron chi connectivity index (χ4n) is 1.52. The number of para-hydroxylation sites is 1. The second-order valence-corrected chi connectivity index (χ2v) is 4.65. The summed E-state index contributed by atoms with van der Waals surface area (Å²) >= 11 is 0. The Morgan fingerprint density at radius 3 is 2.50 bits per heavy atom. The maximum absolute atomic E-state index is 8.98. The topological polar surface area (TPSA) is 29.5 Å². The van der Waals surface area contributed by atoms with Crippen molar-refractivity contribution < 1.29 is 9.84 Å². The Balaban J connectivity index is 2.67. The summed E-state index contributed by atoms with van der Waals surface area (Å²) in [4.78, 5) is 0. The summed E-state index contributed by atoms with van der Waals surface area (Å²) in [6.07, 6.45) is 2.06. The Morgan fingerprint density at radius 2 is 1.88 bits per heavy atom. The molecule has 1 aromatic rings. The van der Waals surface area contributed by atoms with Gasteiger partial charge in [0.1, 0.15) is 11.9 Å². The lowest BCUT2D eigenvalue weighted by molar-refractivity contribution is 0.128. The average Bonchev–Trinajstić information content (AvgIpc) is 2.27. The Bertz CT molecular complexity index is 307. The van der Waals surface area contributed by atoms with Crippen molar-refractivity contribution in [3.8, 4) is 5.75 Å². The van der Waals surface area contributed by atoms with Crippen molar-refractivity contribution in [1.29, 1.82) is 0 Å². The molecule has 16 heavy (non-hydrogen) atoms. The van der Waals surface area contributed by atoms with Crippen LogP contribution in [0, 0.1) is 5.92 Å². The van der Waals surface area contributed by atoms with Gasteiger partial charge in [-0.15, -0.1) is 0 Å². The second kappa shape index (κ2) is 6.54. The first-order chi connectivity index (χ1) is 7.63. The Labute approximate surface area is 98.3 Å². The molecule has 90 valence electrons. The molecular formula is C14H22O2. The van der Waals surface area contributed by atoms with Gasteiger partial charge >= 0.3 is 0 Å². The van der Waals surface area contributed by atoms with Crippen LogP contribution < -0.4 is 4.74 Å². The van der Waals surface area contributed by atoms with Crippen LogP contribution in [-0.4, -0.2) is 17.8 Å². The largest absolute Gasteiger partial charge is 0.488 e. The maximum atomic E-state index is 8.98. The normalized spacial score (nSPS) is 12.8. The van der Waals surface area contributed by atoms with Crippen molar-refractivity contribution in [1.82, 2.24) is 0 Å². The first-order valence-electron chi connectivity index (χ1n) is 5.99. The summed E-state index contributed by atoms with van der Waals surface area (Å²) in [6, 6.07) is 8.08. The van der Waals surface area contributed by atoms with Gasteiger partial charge in [-0.25, -0.2) is 0 Å². The van der Waals surface area contributed by atoms with E-state index >= 15 is 0 Å². The Morgan fingerprint density at radius 1 is 1.19 bits per heavy atom. The van der Waals surface area contributed by atoms with Gasteiger partial charge in [0, 0.05) is 0 Å². The monoisotopic (exact) mass is 222 g/mol. The molecule has 0 aromatic heterocycles. The number of aliphatic hydroxyl groups excluding tert-OH is 1. The zero-order chi connectivity index (χ0) is 12.0. The number of aliphatic hydroxyl groups is 1. The third-order valence-electron chi connectivity index (χ3n) is 2.55. The van der Waals surface area contributed by atoms with Crippen molar-refractivity contribution in [3.05, 3.63) is 29.8 Å². The van der Waals surface area contributed by atoms with Gasteiger partial charge in [-0.2, -0.15) is 0 Å². The molecule has 0 amide bonds. The lowest BCUT2D eigenvalue weighted by Crippen LogP contribution is -2.17. The summed E-state index contributed by atoms with van der Waals surface area (Å²) in [7, 11) is 0. The zero-order valence-corrected chi connectivity index (χ0v) is 10.4. The van der Waals surface area contributed by atoms with Gasteiger partial charge in [-0.1, -0.05) is 32.0 Å². The van der Waals surface area contributed by atoms with Crippen LogP contribution in [0.5, 0.6) is 5.75 Å². The SMILES string of the molecule is CC(C)CCc1ccccc1OC(C)CO. The van der Waals surface area contributed by atoms with Crippen molar-refractivity contribution in [3.63, 3.8) is 0 Å². The molecule has 2 heteroatoms. The van der Waals surface area contributed by atoms with Crippen LogP contribution in [0.3, 0.4) is 0 Å². The molecule has 0 fully saturated rings. The van der Waals surface area contributed by atoms with E-state index in [0.29, 0.717) is 5.92 Å². The van der Waals surface area contributed by atoms with Gasteiger partial charge in [0.2, 0.25) is 0 Å². The lowest BCUT2D eigenvalue weighted by Gasteiger charge is -2.16. The van der Waals surface area contributed by atoms with Gasteiger partial charge in [0.25, 0.3) is 0 Å². The smallest absolute Gasteiger partial charge is 0.123 e. The minimum Gasteiger partial charge on any atom is -0.488 e. The van der Waals surface area contributed by atoms with E-state index in [4.69, 9.17) is 9.84 Å². The van der Waals surface area contributed by atoms with E-state index in [1.165, 1.54) is 5.56 Å². The number of ether oxygens (including phenoxy) is 1. The molecule has 0 radical (unpaired) electrons. The fraction of sp³-hybridized carbons (Fsp3) is 0.571. The van der Waals surface area contributed by atoms with Crippen molar-refractivity contribution in [2.75, 3.05) is 6.61 Å². The number of hydrogen-bond donors (Lipinski definition) is 1. The van der Waals surface area contributed by atoms with E-state index in [1.54, 1.807) is 0 Å². The number of aryl methyl sites for hydroxylation is 1. The fourth-order valence-corrected chi connectivity index (χ4v) is 1.52. The highest BCUT2D eigenvalue weighted by atomic mass is 16.5. The molecule has 2 nitrogen and oxygen atoms in total. The molecule has 1 aromatic carbocycles. The molecule has 0 heterocycles. The highest BCUT2D eigenvalue weighted by molar-refractivity contribution is 5.33. The van der Waals surface area contributed by atoms with Crippen molar-refractivity contribution in [2.45, 2.75) is 39.7 Å². The lowest BCUT2D eigenvalue weighted by atomic mass is 10.0. The Hall–Kier alpha value is -1.02. The minimum absolute atomic E-state index is 0.0541. The molecule has 0 aliphatic rings. The van der Waals surface area contributed by atoms with Crippen LogP contribution >= 0.6 is 0 Å². The van der Waals surface area contributed by atoms with Crippen LogP contribution in [-0.2, 0) is 6.42 Å². The molecule has 1 N–H and O–H groups in total. The van der Waals surface area contributed by atoms with E-state index in [-0.39, 0.29) is 12.7 Å². The molecule has 1 rings (SSSR count). The van der Waals surface area contributed by atoms with Gasteiger partial charge in [0.05, 0.1) is 6.61 Å².